The van der Waals surface area contributed by atoms with Crippen LogP contribution in [0.2, 0.25) is 0 Å². The zero-order chi connectivity index (χ0) is 25.6. The maximum atomic E-state index is 13.4. The molecule has 3 aromatic rings. The Labute approximate surface area is 216 Å². The SMILES string of the molecule is CC1C(N2C(=O)/C(=C\c3ccc(-c4ccc([N+](=O)[O-])cc4)o3)SC2=S)C(=O)N(c2ccccc2)N1C. The normalized spacial score (nSPS) is 21.7. The van der Waals surface area contributed by atoms with Gasteiger partial charge in [-0.25, -0.2) is 10.0 Å². The van der Waals surface area contributed by atoms with Crippen molar-refractivity contribution >= 4 is 57.6 Å². The van der Waals surface area contributed by atoms with Crippen molar-refractivity contribution in [2.45, 2.75) is 19.0 Å². The first kappa shape index (κ1) is 23.9. The number of nitrogens with zero attached hydrogens (tertiary/aromatic N) is 4. The zero-order valence-electron chi connectivity index (χ0n) is 19.2. The molecule has 3 heterocycles. The van der Waals surface area contributed by atoms with E-state index in [0.717, 1.165) is 17.4 Å². The summed E-state index contributed by atoms with van der Waals surface area (Å²) in [5, 5.41) is 14.3. The number of carbonyl (C=O) groups is 2. The van der Waals surface area contributed by atoms with Gasteiger partial charge >= 0.3 is 0 Å². The maximum Gasteiger partial charge on any atom is 0.269 e. The van der Waals surface area contributed by atoms with Crippen LogP contribution in [0.25, 0.3) is 17.4 Å². The van der Waals surface area contributed by atoms with Gasteiger partial charge in [0.2, 0.25) is 0 Å². The Kier molecular flexibility index (Phi) is 6.20. The van der Waals surface area contributed by atoms with E-state index < -0.39 is 11.0 Å². The predicted molar refractivity (Wildman–Crippen MR) is 141 cm³/mol. The van der Waals surface area contributed by atoms with E-state index in [0.29, 0.717) is 26.3 Å². The number of nitro groups is 1. The molecule has 0 spiro atoms. The van der Waals surface area contributed by atoms with E-state index >= 15 is 0 Å². The van der Waals surface area contributed by atoms with Crippen molar-refractivity contribution in [3.8, 4) is 11.3 Å². The third-order valence-electron chi connectivity index (χ3n) is 6.19. The lowest BCUT2D eigenvalue weighted by Gasteiger charge is -2.26. The fourth-order valence-corrected chi connectivity index (χ4v) is 5.57. The molecule has 2 aliphatic heterocycles. The minimum absolute atomic E-state index is 0.0126. The number of carbonyl (C=O) groups excluding carboxylic acids is 2. The fourth-order valence-electron chi connectivity index (χ4n) is 4.26. The van der Waals surface area contributed by atoms with Gasteiger partial charge in [0.15, 0.2) is 0 Å². The molecule has 0 radical (unpaired) electrons. The number of anilines is 1. The van der Waals surface area contributed by atoms with Crippen LogP contribution in [0.1, 0.15) is 12.7 Å². The van der Waals surface area contributed by atoms with Crippen molar-refractivity contribution in [1.82, 2.24) is 9.91 Å². The van der Waals surface area contributed by atoms with Gasteiger partial charge in [0.1, 0.15) is 21.9 Å². The summed E-state index contributed by atoms with van der Waals surface area (Å²) in [6.45, 7) is 1.89. The number of furan rings is 1. The first-order valence-corrected chi connectivity index (χ1v) is 12.2. The average Bonchev–Trinajstić information content (AvgIpc) is 3.50. The van der Waals surface area contributed by atoms with E-state index in [1.165, 1.54) is 17.0 Å². The Morgan fingerprint density at radius 2 is 1.75 bits per heavy atom. The molecular formula is C25H20N4O5S2. The second kappa shape index (κ2) is 9.34. The summed E-state index contributed by atoms with van der Waals surface area (Å²) in [5.41, 5.74) is 1.37. The number of likely N-dealkylation sites (N-methyl/N-ethyl adjacent to an activating group) is 1. The highest BCUT2D eigenvalue weighted by atomic mass is 32.2. The van der Waals surface area contributed by atoms with Gasteiger partial charge in [-0.05, 0) is 43.3 Å². The van der Waals surface area contributed by atoms with E-state index in [9.17, 15) is 19.7 Å². The summed E-state index contributed by atoms with van der Waals surface area (Å²) in [7, 11) is 1.81. The Morgan fingerprint density at radius 1 is 1.06 bits per heavy atom. The van der Waals surface area contributed by atoms with Crippen molar-refractivity contribution in [2.75, 3.05) is 12.1 Å². The van der Waals surface area contributed by atoms with Crippen LogP contribution in [0.5, 0.6) is 0 Å². The van der Waals surface area contributed by atoms with E-state index in [-0.39, 0.29) is 23.5 Å². The number of hydrogen-bond acceptors (Lipinski definition) is 8. The van der Waals surface area contributed by atoms with E-state index in [2.05, 4.69) is 0 Å². The number of thioether (sulfide) groups is 1. The van der Waals surface area contributed by atoms with E-state index in [4.69, 9.17) is 16.6 Å². The smallest absolute Gasteiger partial charge is 0.269 e. The lowest BCUT2D eigenvalue weighted by Crippen LogP contribution is -2.48. The van der Waals surface area contributed by atoms with Crippen LogP contribution >= 0.6 is 24.0 Å². The summed E-state index contributed by atoms with van der Waals surface area (Å²) in [4.78, 5) is 39.0. The van der Waals surface area contributed by atoms with Crippen LogP contribution < -0.4 is 5.01 Å². The van der Waals surface area contributed by atoms with Gasteiger partial charge in [-0.15, -0.1) is 0 Å². The van der Waals surface area contributed by atoms with Crippen LogP contribution in [-0.4, -0.2) is 50.1 Å². The number of hydrogen-bond donors (Lipinski definition) is 0. The standard InChI is InChI=1S/C25H20N4O5S2/c1-15-22(24(31)28(26(15)2)17-6-4-3-5-7-17)27-23(30)21(36-25(27)35)14-19-12-13-20(34-19)16-8-10-18(11-9-16)29(32)33/h3-15,22H,1-2H3/b21-14+. The van der Waals surface area contributed by atoms with Crippen molar-refractivity contribution in [3.05, 3.63) is 87.5 Å². The molecule has 2 fully saturated rings. The Balaban J connectivity index is 1.38. The highest BCUT2D eigenvalue weighted by molar-refractivity contribution is 8.26. The van der Waals surface area contributed by atoms with Gasteiger partial charge in [0.25, 0.3) is 17.5 Å². The minimum Gasteiger partial charge on any atom is -0.457 e. The summed E-state index contributed by atoms with van der Waals surface area (Å²) < 4.78 is 6.16. The lowest BCUT2D eigenvalue weighted by atomic mass is 10.1. The van der Waals surface area contributed by atoms with Gasteiger partial charge in [-0.1, -0.05) is 42.2 Å². The van der Waals surface area contributed by atoms with Gasteiger partial charge in [0.05, 0.1) is 21.6 Å². The Bertz CT molecular complexity index is 1400. The number of nitro benzene ring substituents is 1. The maximum absolute atomic E-state index is 13.4. The van der Waals surface area contributed by atoms with E-state index in [1.54, 1.807) is 35.4 Å². The fraction of sp³-hybridized carbons (Fsp3) is 0.160. The Hall–Kier alpha value is -3.80. The van der Waals surface area contributed by atoms with Gasteiger partial charge in [-0.2, -0.15) is 0 Å². The van der Waals surface area contributed by atoms with Gasteiger partial charge < -0.3 is 4.42 Å². The lowest BCUT2D eigenvalue weighted by molar-refractivity contribution is -0.384. The summed E-state index contributed by atoms with van der Waals surface area (Å²) >= 11 is 6.64. The number of rotatable bonds is 5. The Morgan fingerprint density at radius 3 is 2.42 bits per heavy atom. The average molecular weight is 521 g/mol. The molecule has 36 heavy (non-hydrogen) atoms. The quantitative estimate of drug-likeness (QED) is 0.206. The number of para-hydroxylation sites is 1. The van der Waals surface area contributed by atoms with Crippen molar-refractivity contribution in [2.24, 2.45) is 0 Å². The summed E-state index contributed by atoms with van der Waals surface area (Å²) in [5.74, 6) is 0.350. The molecule has 2 aromatic carbocycles. The molecule has 2 aliphatic rings. The molecule has 2 unspecified atom stereocenters. The monoisotopic (exact) mass is 520 g/mol. The molecule has 0 saturated carbocycles. The van der Waals surface area contributed by atoms with Crippen LogP contribution in [0.3, 0.4) is 0 Å². The summed E-state index contributed by atoms with van der Waals surface area (Å²) in [6, 6.07) is 17.6. The number of non-ortho nitro benzene ring substituents is 1. The molecule has 0 N–H and O–H groups in total. The predicted octanol–water partition coefficient (Wildman–Crippen LogP) is 4.71. The first-order valence-electron chi connectivity index (χ1n) is 11.0. The molecule has 2 amide bonds. The van der Waals surface area contributed by atoms with Crippen LogP contribution in [0.15, 0.2) is 76.1 Å². The van der Waals surface area contributed by atoms with Gasteiger partial charge in [-0.3, -0.25) is 24.6 Å². The zero-order valence-corrected chi connectivity index (χ0v) is 20.9. The second-order valence-corrected chi connectivity index (χ2v) is 9.98. The molecule has 182 valence electrons. The highest BCUT2D eigenvalue weighted by Gasteiger charge is 2.51. The number of benzene rings is 2. The molecule has 11 heteroatoms. The van der Waals surface area contributed by atoms with Crippen LogP contribution in [0, 0.1) is 10.1 Å². The van der Waals surface area contributed by atoms with Gasteiger partial charge in [0, 0.05) is 30.8 Å². The molecule has 2 saturated heterocycles. The number of amides is 2. The number of hydrazine groups is 1. The summed E-state index contributed by atoms with van der Waals surface area (Å²) in [6.07, 6.45) is 1.59. The first-order chi connectivity index (χ1) is 17.3. The third kappa shape index (κ3) is 4.11. The molecule has 0 bridgehead atoms. The number of thiocarbonyl (C=S) groups is 1. The second-order valence-electron chi connectivity index (χ2n) is 8.30. The minimum atomic E-state index is -0.763. The molecule has 9 nitrogen and oxygen atoms in total. The third-order valence-corrected chi connectivity index (χ3v) is 7.52. The largest absolute Gasteiger partial charge is 0.457 e. The molecule has 1 aromatic heterocycles. The highest BCUT2D eigenvalue weighted by Crippen LogP contribution is 2.39. The van der Waals surface area contributed by atoms with E-state index in [1.807, 2.05) is 49.3 Å². The topological polar surface area (TPSA) is 100 Å². The van der Waals surface area contributed by atoms with Crippen molar-refractivity contribution in [3.63, 3.8) is 0 Å². The van der Waals surface area contributed by atoms with Crippen molar-refractivity contribution < 1.29 is 18.9 Å². The van der Waals surface area contributed by atoms with Crippen LogP contribution in [-0.2, 0) is 9.59 Å². The molecule has 2 atom stereocenters. The molecular weight excluding hydrogens is 500 g/mol. The van der Waals surface area contributed by atoms with Crippen molar-refractivity contribution in [1.29, 1.82) is 0 Å². The molecule has 5 rings (SSSR count). The van der Waals surface area contributed by atoms with Crippen LogP contribution in [0.4, 0.5) is 11.4 Å². The molecule has 0 aliphatic carbocycles.